The first-order valence-corrected chi connectivity index (χ1v) is 11.4. The molecule has 0 bridgehead atoms. The van der Waals surface area contributed by atoms with Gasteiger partial charge in [-0.3, -0.25) is 4.98 Å². The molecule has 1 fully saturated rings. The van der Waals surface area contributed by atoms with Crippen molar-refractivity contribution in [3.8, 4) is 5.75 Å². The highest BCUT2D eigenvalue weighted by Crippen LogP contribution is 2.43. The zero-order valence-corrected chi connectivity index (χ0v) is 19.0. The number of benzene rings is 2. The Morgan fingerprint density at radius 3 is 2.47 bits per heavy atom. The van der Waals surface area contributed by atoms with Crippen LogP contribution < -0.4 is 15.0 Å². The molecule has 5 nitrogen and oxygen atoms in total. The lowest BCUT2D eigenvalue weighted by Crippen LogP contribution is -2.29. The molecule has 1 N–H and O–H groups in total. The van der Waals surface area contributed by atoms with E-state index in [1.165, 1.54) is 0 Å². The molecule has 32 heavy (non-hydrogen) atoms. The van der Waals surface area contributed by atoms with Gasteiger partial charge < -0.3 is 19.4 Å². The zero-order chi connectivity index (χ0) is 21.9. The first-order valence-electron chi connectivity index (χ1n) is 10.2. The average Bonchev–Trinajstić information content (AvgIpc) is 3.44. The molecule has 0 aliphatic carbocycles. The van der Waals surface area contributed by atoms with Crippen LogP contribution in [0.25, 0.3) is 0 Å². The summed E-state index contributed by atoms with van der Waals surface area (Å²) in [6.45, 7) is 0. The third-order valence-electron chi connectivity index (χ3n) is 5.30. The van der Waals surface area contributed by atoms with E-state index in [0.717, 1.165) is 32.9 Å². The Bertz CT molecular complexity index is 1200. The first-order chi connectivity index (χ1) is 15.7. The van der Waals surface area contributed by atoms with Gasteiger partial charge >= 0.3 is 0 Å². The lowest BCUT2D eigenvalue weighted by Gasteiger charge is -2.26. The molecule has 4 aromatic rings. The summed E-state index contributed by atoms with van der Waals surface area (Å²) < 4.78 is 11.7. The fourth-order valence-electron chi connectivity index (χ4n) is 3.82. The Labute approximate surface area is 196 Å². The van der Waals surface area contributed by atoms with Crippen molar-refractivity contribution in [1.82, 2.24) is 10.3 Å². The molecule has 0 spiro atoms. The van der Waals surface area contributed by atoms with Crippen LogP contribution in [0.5, 0.6) is 5.75 Å². The summed E-state index contributed by atoms with van der Waals surface area (Å²) in [7, 11) is 1.66. The molecule has 2 aromatic carbocycles. The van der Waals surface area contributed by atoms with Crippen molar-refractivity contribution in [3.05, 3.63) is 103 Å². The van der Waals surface area contributed by atoms with Crippen LogP contribution in [0.1, 0.15) is 23.5 Å². The van der Waals surface area contributed by atoms with Crippen molar-refractivity contribution in [2.75, 3.05) is 12.0 Å². The topological polar surface area (TPSA) is 50.5 Å². The minimum atomic E-state index is -0.184. The van der Waals surface area contributed by atoms with Gasteiger partial charge in [-0.05, 0) is 72.9 Å². The number of hydrogen-bond donors (Lipinski definition) is 1. The van der Waals surface area contributed by atoms with Crippen molar-refractivity contribution >= 4 is 34.8 Å². The fraction of sp³-hybridized carbons (Fsp3) is 0.120. The molecule has 2 atom stereocenters. The summed E-state index contributed by atoms with van der Waals surface area (Å²) in [5.41, 5.74) is 1.87. The van der Waals surface area contributed by atoms with Crippen LogP contribution in [-0.2, 0) is 0 Å². The van der Waals surface area contributed by atoms with E-state index in [2.05, 4.69) is 27.3 Å². The summed E-state index contributed by atoms with van der Waals surface area (Å²) in [6.07, 6.45) is 1.80. The standard InChI is InChI=1S/C25H21N3O2S2/c1-29-18-12-10-17(11-13-18)28-24(23(27-25(28)31)20-9-5-6-16-26-20)21-14-15-22(30-21)32-19-7-3-2-4-8-19/h2-16,23-24H,1H3,(H,27,31)/t23-,24-/m0/s1. The van der Waals surface area contributed by atoms with Crippen molar-refractivity contribution in [1.29, 1.82) is 0 Å². The Hall–Kier alpha value is -3.29. The molecule has 2 aromatic heterocycles. The smallest absolute Gasteiger partial charge is 0.174 e. The minimum Gasteiger partial charge on any atom is -0.497 e. The summed E-state index contributed by atoms with van der Waals surface area (Å²) >= 11 is 7.35. The maximum absolute atomic E-state index is 6.34. The number of hydrogen-bond acceptors (Lipinski definition) is 5. The van der Waals surface area contributed by atoms with Crippen LogP contribution in [0, 0.1) is 0 Å². The van der Waals surface area contributed by atoms with Gasteiger partial charge in [0.05, 0.1) is 18.8 Å². The molecule has 0 radical (unpaired) electrons. The summed E-state index contributed by atoms with van der Waals surface area (Å²) in [6, 6.07) is 27.7. The van der Waals surface area contributed by atoms with Crippen LogP contribution in [0.15, 0.2) is 106 Å². The third-order valence-corrected chi connectivity index (χ3v) is 6.55. The SMILES string of the molecule is COc1ccc(N2C(=S)N[C@@H](c3ccccn3)[C@@H]2c2ccc(Sc3ccccc3)o2)cc1. The van der Waals surface area contributed by atoms with Gasteiger partial charge in [-0.1, -0.05) is 36.0 Å². The number of ether oxygens (including phenoxy) is 1. The highest BCUT2D eigenvalue weighted by molar-refractivity contribution is 7.99. The van der Waals surface area contributed by atoms with Gasteiger partial charge in [0.2, 0.25) is 0 Å². The molecule has 1 aliphatic heterocycles. The van der Waals surface area contributed by atoms with Gasteiger partial charge in [-0.15, -0.1) is 0 Å². The molecule has 7 heteroatoms. The van der Waals surface area contributed by atoms with Crippen LogP contribution in [0.4, 0.5) is 5.69 Å². The molecule has 0 amide bonds. The number of nitrogens with one attached hydrogen (secondary N) is 1. The average molecular weight is 460 g/mol. The van der Waals surface area contributed by atoms with Crippen molar-refractivity contribution < 1.29 is 9.15 Å². The predicted octanol–water partition coefficient (Wildman–Crippen LogP) is 6.01. The molecule has 0 saturated carbocycles. The molecular weight excluding hydrogens is 438 g/mol. The quantitative estimate of drug-likeness (QED) is 0.354. The molecule has 160 valence electrons. The van der Waals surface area contributed by atoms with E-state index in [1.54, 1.807) is 25.1 Å². The monoisotopic (exact) mass is 459 g/mol. The zero-order valence-electron chi connectivity index (χ0n) is 17.3. The molecule has 1 saturated heterocycles. The molecule has 1 aliphatic rings. The van der Waals surface area contributed by atoms with E-state index in [-0.39, 0.29) is 12.1 Å². The highest BCUT2D eigenvalue weighted by atomic mass is 32.2. The Morgan fingerprint density at radius 2 is 1.75 bits per heavy atom. The summed E-state index contributed by atoms with van der Waals surface area (Å²) in [4.78, 5) is 7.80. The fourth-order valence-corrected chi connectivity index (χ4v) is 4.96. The number of aromatic nitrogens is 1. The van der Waals surface area contributed by atoms with E-state index < -0.39 is 0 Å². The number of methoxy groups -OCH3 is 1. The van der Waals surface area contributed by atoms with Crippen molar-refractivity contribution in [3.63, 3.8) is 0 Å². The van der Waals surface area contributed by atoms with Crippen molar-refractivity contribution in [2.45, 2.75) is 22.1 Å². The van der Waals surface area contributed by atoms with E-state index in [4.69, 9.17) is 21.4 Å². The number of furan rings is 1. The second-order valence-corrected chi connectivity index (χ2v) is 8.73. The van der Waals surface area contributed by atoms with Crippen molar-refractivity contribution in [2.24, 2.45) is 0 Å². The van der Waals surface area contributed by atoms with Gasteiger partial charge in [-0.2, -0.15) is 0 Å². The largest absolute Gasteiger partial charge is 0.497 e. The van der Waals surface area contributed by atoms with Crippen LogP contribution in [-0.4, -0.2) is 17.2 Å². The number of anilines is 1. The second-order valence-electron chi connectivity index (χ2n) is 7.27. The maximum atomic E-state index is 6.34. The molecule has 5 rings (SSSR count). The highest BCUT2D eigenvalue weighted by Gasteiger charge is 2.42. The number of nitrogens with zero attached hydrogens (tertiary/aromatic N) is 2. The second kappa shape index (κ2) is 9.06. The van der Waals surface area contributed by atoms with E-state index in [0.29, 0.717) is 5.11 Å². The third kappa shape index (κ3) is 4.09. The lowest BCUT2D eigenvalue weighted by molar-refractivity contribution is 0.383. The van der Waals surface area contributed by atoms with E-state index in [9.17, 15) is 0 Å². The van der Waals surface area contributed by atoms with Crippen LogP contribution in [0.2, 0.25) is 0 Å². The Kier molecular flexibility index (Phi) is 5.83. The molecule has 3 heterocycles. The summed E-state index contributed by atoms with van der Waals surface area (Å²) in [5, 5.41) is 4.91. The summed E-state index contributed by atoms with van der Waals surface area (Å²) in [5.74, 6) is 1.62. The maximum Gasteiger partial charge on any atom is 0.174 e. The molecule has 0 unspecified atom stereocenters. The van der Waals surface area contributed by atoms with Gasteiger partial charge in [0.1, 0.15) is 17.6 Å². The number of rotatable bonds is 6. The van der Waals surface area contributed by atoms with Gasteiger partial charge in [0.25, 0.3) is 0 Å². The van der Waals surface area contributed by atoms with E-state index in [1.807, 2.05) is 72.8 Å². The van der Waals surface area contributed by atoms with E-state index >= 15 is 0 Å². The lowest BCUT2D eigenvalue weighted by atomic mass is 10.0. The first kappa shape index (κ1) is 20.6. The molecular formula is C25H21N3O2S2. The van der Waals surface area contributed by atoms with Gasteiger partial charge in [-0.25, -0.2) is 0 Å². The Morgan fingerprint density at radius 1 is 0.969 bits per heavy atom. The van der Waals surface area contributed by atoms with Gasteiger partial charge in [0, 0.05) is 16.8 Å². The van der Waals surface area contributed by atoms with Gasteiger partial charge in [0.15, 0.2) is 10.2 Å². The van der Waals surface area contributed by atoms with Crippen LogP contribution >= 0.6 is 24.0 Å². The normalized spacial score (nSPS) is 17.9. The number of pyridine rings is 1. The Balaban J connectivity index is 1.52. The minimum absolute atomic E-state index is 0.147. The number of thiocarbonyl (C=S) groups is 1. The predicted molar refractivity (Wildman–Crippen MR) is 130 cm³/mol. The van der Waals surface area contributed by atoms with Crippen LogP contribution in [0.3, 0.4) is 0 Å².